The maximum atomic E-state index is 12.0. The second-order valence-corrected chi connectivity index (χ2v) is 5.30. The number of aromatic nitrogens is 2. The maximum Gasteiger partial charge on any atom is 0.169 e. The molecule has 5 nitrogen and oxygen atoms in total. The van der Waals surface area contributed by atoms with Gasteiger partial charge in [-0.3, -0.25) is 9.48 Å². The van der Waals surface area contributed by atoms with Gasteiger partial charge in [0.2, 0.25) is 0 Å². The van der Waals surface area contributed by atoms with Crippen LogP contribution < -0.4 is 0 Å². The first-order valence-electron chi connectivity index (χ1n) is 7.09. The SMILES string of the molecule is O=C(Cc1ccn(C2CCCC2)n1)C1COCCO1. The highest BCUT2D eigenvalue weighted by Crippen LogP contribution is 2.28. The molecule has 104 valence electrons. The van der Waals surface area contributed by atoms with E-state index < -0.39 is 6.10 Å². The Kier molecular flexibility index (Phi) is 3.94. The van der Waals surface area contributed by atoms with Crippen molar-refractivity contribution in [2.45, 2.75) is 44.2 Å². The van der Waals surface area contributed by atoms with Crippen molar-refractivity contribution in [3.63, 3.8) is 0 Å². The molecule has 1 aliphatic carbocycles. The Morgan fingerprint density at radius 1 is 1.37 bits per heavy atom. The van der Waals surface area contributed by atoms with Crippen molar-refractivity contribution in [1.82, 2.24) is 9.78 Å². The van der Waals surface area contributed by atoms with Crippen molar-refractivity contribution < 1.29 is 14.3 Å². The van der Waals surface area contributed by atoms with Gasteiger partial charge >= 0.3 is 0 Å². The van der Waals surface area contributed by atoms with E-state index in [-0.39, 0.29) is 5.78 Å². The molecule has 1 aromatic rings. The van der Waals surface area contributed by atoms with Crippen molar-refractivity contribution in [3.05, 3.63) is 18.0 Å². The fraction of sp³-hybridized carbons (Fsp3) is 0.714. The molecule has 0 N–H and O–H groups in total. The lowest BCUT2D eigenvalue weighted by molar-refractivity contribution is -0.144. The van der Waals surface area contributed by atoms with Gasteiger partial charge in [-0.15, -0.1) is 0 Å². The number of hydrogen-bond acceptors (Lipinski definition) is 4. The molecule has 1 saturated carbocycles. The van der Waals surface area contributed by atoms with Crippen LogP contribution in [0.3, 0.4) is 0 Å². The number of ketones is 1. The first-order valence-corrected chi connectivity index (χ1v) is 7.09. The normalized spacial score (nSPS) is 24.7. The van der Waals surface area contributed by atoms with Gasteiger partial charge < -0.3 is 9.47 Å². The van der Waals surface area contributed by atoms with Crippen LogP contribution in [0.25, 0.3) is 0 Å². The number of Topliss-reactive ketones (excluding diaryl/α,β-unsaturated/α-hetero) is 1. The lowest BCUT2D eigenvalue weighted by Gasteiger charge is -2.21. The van der Waals surface area contributed by atoms with Crippen LogP contribution in [-0.4, -0.2) is 41.5 Å². The molecule has 1 aliphatic heterocycles. The fourth-order valence-corrected chi connectivity index (χ4v) is 2.81. The Labute approximate surface area is 112 Å². The standard InChI is InChI=1S/C14H20N2O3/c17-13(14-10-18-7-8-19-14)9-11-5-6-16(15-11)12-3-1-2-4-12/h5-6,12,14H,1-4,7-10H2. The van der Waals surface area contributed by atoms with Crippen molar-refractivity contribution in [3.8, 4) is 0 Å². The second-order valence-electron chi connectivity index (χ2n) is 5.30. The molecule has 19 heavy (non-hydrogen) atoms. The first kappa shape index (κ1) is 12.8. The molecule has 0 bridgehead atoms. The average Bonchev–Trinajstić information content (AvgIpc) is 3.10. The predicted octanol–water partition coefficient (Wildman–Crippen LogP) is 1.53. The van der Waals surface area contributed by atoms with Gasteiger partial charge in [0.15, 0.2) is 5.78 Å². The zero-order valence-electron chi connectivity index (χ0n) is 11.1. The van der Waals surface area contributed by atoms with Crippen LogP contribution >= 0.6 is 0 Å². The summed E-state index contributed by atoms with van der Waals surface area (Å²) in [6, 6.07) is 2.47. The van der Waals surface area contributed by atoms with E-state index in [1.165, 1.54) is 25.7 Å². The molecular weight excluding hydrogens is 244 g/mol. The van der Waals surface area contributed by atoms with Crippen molar-refractivity contribution >= 4 is 5.78 Å². The topological polar surface area (TPSA) is 53.4 Å². The molecule has 0 aromatic carbocycles. The number of carbonyl (C=O) groups is 1. The third kappa shape index (κ3) is 3.04. The Morgan fingerprint density at radius 3 is 2.95 bits per heavy atom. The summed E-state index contributed by atoms with van der Waals surface area (Å²) in [5, 5.41) is 4.53. The smallest absolute Gasteiger partial charge is 0.169 e. The molecule has 1 saturated heterocycles. The largest absolute Gasteiger partial charge is 0.376 e. The summed E-state index contributed by atoms with van der Waals surface area (Å²) < 4.78 is 12.7. The van der Waals surface area contributed by atoms with Gasteiger partial charge in [-0.2, -0.15) is 5.10 Å². The molecule has 1 aromatic heterocycles. The molecule has 2 fully saturated rings. The third-order valence-corrected chi connectivity index (χ3v) is 3.89. The Balaban J connectivity index is 1.58. The van der Waals surface area contributed by atoms with E-state index in [1.54, 1.807) is 0 Å². The van der Waals surface area contributed by atoms with Gasteiger partial charge in [0.1, 0.15) is 6.10 Å². The lowest BCUT2D eigenvalue weighted by Crippen LogP contribution is -2.36. The summed E-state index contributed by atoms with van der Waals surface area (Å²) in [5.41, 5.74) is 0.839. The van der Waals surface area contributed by atoms with Gasteiger partial charge in [-0.1, -0.05) is 12.8 Å². The van der Waals surface area contributed by atoms with E-state index in [0.29, 0.717) is 32.3 Å². The zero-order chi connectivity index (χ0) is 13.1. The highest BCUT2D eigenvalue weighted by molar-refractivity contribution is 5.85. The molecule has 2 aliphatic rings. The number of ether oxygens (including phenoxy) is 2. The molecule has 0 spiro atoms. The molecular formula is C14H20N2O3. The highest BCUT2D eigenvalue weighted by atomic mass is 16.6. The lowest BCUT2D eigenvalue weighted by atomic mass is 10.1. The van der Waals surface area contributed by atoms with Crippen LogP contribution in [0.1, 0.15) is 37.4 Å². The monoisotopic (exact) mass is 264 g/mol. The molecule has 1 atom stereocenters. The second kappa shape index (κ2) is 5.84. The molecule has 0 radical (unpaired) electrons. The van der Waals surface area contributed by atoms with Gasteiger partial charge in [0, 0.05) is 6.20 Å². The van der Waals surface area contributed by atoms with Crippen LogP contribution in [0.5, 0.6) is 0 Å². The predicted molar refractivity (Wildman–Crippen MR) is 69.0 cm³/mol. The van der Waals surface area contributed by atoms with E-state index in [1.807, 2.05) is 16.9 Å². The summed E-state index contributed by atoms with van der Waals surface area (Å²) in [6.07, 6.45) is 6.90. The molecule has 5 heteroatoms. The van der Waals surface area contributed by atoms with Gasteiger partial charge in [0.25, 0.3) is 0 Å². The number of carbonyl (C=O) groups excluding carboxylic acids is 1. The third-order valence-electron chi connectivity index (χ3n) is 3.89. The Morgan fingerprint density at radius 2 is 2.21 bits per heavy atom. The highest BCUT2D eigenvalue weighted by Gasteiger charge is 2.24. The minimum atomic E-state index is -0.412. The van der Waals surface area contributed by atoms with Crippen LogP contribution in [0.15, 0.2) is 12.3 Å². The van der Waals surface area contributed by atoms with Crippen molar-refractivity contribution in [2.24, 2.45) is 0 Å². The minimum absolute atomic E-state index is 0.0661. The number of nitrogens with zero attached hydrogens (tertiary/aromatic N) is 2. The van der Waals surface area contributed by atoms with Gasteiger partial charge in [0.05, 0.1) is 38.0 Å². The summed E-state index contributed by atoms with van der Waals surface area (Å²) in [7, 11) is 0. The van der Waals surface area contributed by atoms with E-state index in [9.17, 15) is 4.79 Å². The molecule has 2 heterocycles. The van der Waals surface area contributed by atoms with Crippen LogP contribution in [0.4, 0.5) is 0 Å². The average molecular weight is 264 g/mol. The van der Waals surface area contributed by atoms with Crippen LogP contribution in [0, 0.1) is 0 Å². The van der Waals surface area contributed by atoms with E-state index >= 15 is 0 Å². The maximum absolute atomic E-state index is 12.0. The first-order chi connectivity index (χ1) is 9.33. The van der Waals surface area contributed by atoms with E-state index in [0.717, 1.165) is 5.69 Å². The minimum Gasteiger partial charge on any atom is -0.376 e. The number of rotatable bonds is 4. The van der Waals surface area contributed by atoms with Crippen LogP contribution in [0.2, 0.25) is 0 Å². The van der Waals surface area contributed by atoms with E-state index in [4.69, 9.17) is 9.47 Å². The van der Waals surface area contributed by atoms with E-state index in [2.05, 4.69) is 5.10 Å². The number of hydrogen-bond donors (Lipinski definition) is 0. The zero-order valence-corrected chi connectivity index (χ0v) is 11.1. The van der Waals surface area contributed by atoms with Crippen molar-refractivity contribution in [2.75, 3.05) is 19.8 Å². The summed E-state index contributed by atoms with van der Waals surface area (Å²) in [5.74, 6) is 0.0661. The van der Waals surface area contributed by atoms with Crippen molar-refractivity contribution in [1.29, 1.82) is 0 Å². The summed E-state index contributed by atoms with van der Waals surface area (Å²) >= 11 is 0. The molecule has 3 rings (SSSR count). The summed E-state index contributed by atoms with van der Waals surface area (Å²) in [6.45, 7) is 1.47. The van der Waals surface area contributed by atoms with Gasteiger partial charge in [-0.25, -0.2) is 0 Å². The molecule has 1 unspecified atom stereocenters. The van der Waals surface area contributed by atoms with Gasteiger partial charge in [-0.05, 0) is 18.9 Å². The fourth-order valence-electron chi connectivity index (χ4n) is 2.81. The summed E-state index contributed by atoms with van der Waals surface area (Å²) in [4.78, 5) is 12.0. The van der Waals surface area contributed by atoms with Crippen LogP contribution in [-0.2, 0) is 20.7 Å². The Bertz CT molecular complexity index is 432. The quantitative estimate of drug-likeness (QED) is 0.827. The molecule has 0 amide bonds. The Hall–Kier alpha value is -1.20.